The van der Waals surface area contributed by atoms with Crippen molar-refractivity contribution in [2.24, 2.45) is 16.6 Å². The van der Waals surface area contributed by atoms with Crippen molar-refractivity contribution in [2.75, 3.05) is 18.8 Å². The van der Waals surface area contributed by atoms with Gasteiger partial charge in [-0.3, -0.25) is 10.4 Å². The topological polar surface area (TPSA) is 107 Å². The van der Waals surface area contributed by atoms with Crippen LogP contribution in [0.1, 0.15) is 5.56 Å². The summed E-state index contributed by atoms with van der Waals surface area (Å²) in [5.41, 5.74) is 6.57. The van der Waals surface area contributed by atoms with Crippen LogP contribution in [-0.4, -0.2) is 46.0 Å². The molecule has 1 aromatic rings. The van der Waals surface area contributed by atoms with Crippen LogP contribution >= 0.6 is 11.8 Å². The molecule has 6 nitrogen and oxygen atoms in total. The van der Waals surface area contributed by atoms with Gasteiger partial charge in [-0.15, -0.1) is 0 Å². The number of amidine groups is 2. The molecular weight excluding hydrogens is 262 g/mol. The number of rotatable bonds is 3. The molecule has 0 radical (unpaired) electrons. The summed E-state index contributed by atoms with van der Waals surface area (Å²) in [6.07, 6.45) is 2.94. The number of aliphatic hydroxyl groups excluding tert-OH is 1. The minimum Gasteiger partial charge on any atom is -0.391 e. The average molecular weight is 279 g/mol. The van der Waals surface area contributed by atoms with Gasteiger partial charge < -0.3 is 16.2 Å². The van der Waals surface area contributed by atoms with Gasteiger partial charge in [-0.1, -0.05) is 11.8 Å². The van der Waals surface area contributed by atoms with E-state index in [4.69, 9.17) is 11.1 Å². The summed E-state index contributed by atoms with van der Waals surface area (Å²) >= 11 is 1.30. The average Bonchev–Trinajstić information content (AvgIpc) is 2.83. The summed E-state index contributed by atoms with van der Waals surface area (Å²) in [5.74, 6) is 1.15. The third-order valence-electron chi connectivity index (χ3n) is 2.94. The Balaban J connectivity index is 1.87. The third-order valence-corrected chi connectivity index (χ3v) is 3.90. The molecule has 2 rings (SSSR count). The van der Waals surface area contributed by atoms with Crippen LogP contribution < -0.4 is 11.1 Å². The summed E-state index contributed by atoms with van der Waals surface area (Å²) in [6, 6.07) is 3.50. The van der Waals surface area contributed by atoms with Crippen molar-refractivity contribution >= 4 is 22.8 Å². The Morgan fingerprint density at radius 2 is 2.26 bits per heavy atom. The lowest BCUT2D eigenvalue weighted by molar-refractivity contribution is 0.158. The van der Waals surface area contributed by atoms with Gasteiger partial charge in [0.05, 0.1) is 6.10 Å². The number of aliphatic imine (C=N–C) groups is 1. The zero-order valence-electron chi connectivity index (χ0n) is 10.4. The summed E-state index contributed by atoms with van der Waals surface area (Å²) < 4.78 is 0. The Kier molecular flexibility index (Phi) is 4.89. The van der Waals surface area contributed by atoms with Crippen molar-refractivity contribution in [3.05, 3.63) is 30.1 Å². The van der Waals surface area contributed by atoms with E-state index in [9.17, 15) is 5.11 Å². The fraction of sp³-hybridized carbons (Fsp3) is 0.417. The first-order valence-electron chi connectivity index (χ1n) is 6.01. The summed E-state index contributed by atoms with van der Waals surface area (Å²) in [4.78, 5) is 7.94. The van der Waals surface area contributed by atoms with Gasteiger partial charge >= 0.3 is 0 Å². The van der Waals surface area contributed by atoms with E-state index in [0.717, 1.165) is 12.1 Å². The molecule has 7 heteroatoms. The number of nitrogens with zero attached hydrogens (tertiary/aromatic N) is 2. The quantitative estimate of drug-likeness (QED) is 0.461. The second-order valence-corrected chi connectivity index (χ2v) is 5.34. The highest BCUT2D eigenvalue weighted by atomic mass is 32.2. The Morgan fingerprint density at radius 1 is 1.53 bits per heavy atom. The van der Waals surface area contributed by atoms with E-state index in [2.05, 4.69) is 15.3 Å². The van der Waals surface area contributed by atoms with Crippen LogP contribution in [-0.2, 0) is 0 Å². The molecule has 0 spiro atoms. The molecule has 1 aliphatic rings. The molecule has 1 fully saturated rings. The molecule has 5 N–H and O–H groups in total. The largest absolute Gasteiger partial charge is 0.391 e. The molecule has 1 aliphatic heterocycles. The van der Waals surface area contributed by atoms with Crippen molar-refractivity contribution in [2.45, 2.75) is 6.10 Å². The van der Waals surface area contributed by atoms with Crippen molar-refractivity contribution in [1.82, 2.24) is 10.3 Å². The number of pyridine rings is 1. The first-order valence-corrected chi connectivity index (χ1v) is 7.00. The minimum absolute atomic E-state index is 0.161. The van der Waals surface area contributed by atoms with Crippen LogP contribution in [0.2, 0.25) is 0 Å². The lowest BCUT2D eigenvalue weighted by atomic mass is 10.1. The minimum atomic E-state index is -0.332. The lowest BCUT2D eigenvalue weighted by Crippen LogP contribution is -2.21. The Morgan fingerprint density at radius 3 is 2.89 bits per heavy atom. The number of nitrogens with one attached hydrogen (secondary N) is 2. The normalized spacial score (nSPS) is 23.5. The van der Waals surface area contributed by atoms with Gasteiger partial charge in [0, 0.05) is 42.7 Å². The Labute approximate surface area is 116 Å². The van der Waals surface area contributed by atoms with E-state index in [1.807, 2.05) is 0 Å². The molecule has 0 aliphatic carbocycles. The summed E-state index contributed by atoms with van der Waals surface area (Å²) in [5, 5.41) is 20.7. The Hall–Kier alpha value is -1.44. The number of hydrogen-bond acceptors (Lipinski definition) is 5. The predicted octanol–water partition coefficient (Wildman–Crippen LogP) is 0.0352. The van der Waals surface area contributed by atoms with Gasteiger partial charge in [0.2, 0.25) is 0 Å². The lowest BCUT2D eigenvalue weighted by Gasteiger charge is -2.11. The molecule has 102 valence electrons. The highest BCUT2D eigenvalue weighted by Crippen LogP contribution is 2.17. The summed E-state index contributed by atoms with van der Waals surface area (Å²) in [7, 11) is 0. The van der Waals surface area contributed by atoms with Crippen LogP contribution in [0, 0.1) is 11.3 Å². The van der Waals surface area contributed by atoms with Crippen LogP contribution in [0.5, 0.6) is 0 Å². The molecule has 2 unspecified atom stereocenters. The maximum absolute atomic E-state index is 9.65. The highest BCUT2D eigenvalue weighted by Gasteiger charge is 2.24. The maximum atomic E-state index is 9.65. The smallest absolute Gasteiger partial charge is 0.182 e. The zero-order valence-corrected chi connectivity index (χ0v) is 11.2. The van der Waals surface area contributed by atoms with Gasteiger partial charge in [-0.25, -0.2) is 4.99 Å². The van der Waals surface area contributed by atoms with Gasteiger partial charge in [-0.2, -0.15) is 0 Å². The first kappa shape index (κ1) is 14.0. The van der Waals surface area contributed by atoms with Gasteiger partial charge in [0.25, 0.3) is 0 Å². The number of nitrogens with two attached hydrogens (primary N) is 1. The van der Waals surface area contributed by atoms with E-state index < -0.39 is 0 Å². The van der Waals surface area contributed by atoms with Crippen LogP contribution in [0.25, 0.3) is 0 Å². The standard InChI is InChI=1S/C12H17N5OS/c13-11(8-1-3-15-4-2-8)17-12(14)19-7-9-5-16-6-10(9)18/h1-4,9-10,16,18H,5-7H2,(H3,13,14,17). The van der Waals surface area contributed by atoms with E-state index in [1.165, 1.54) is 11.8 Å². The SMILES string of the molecule is N=C(N=C(N)c1ccncc1)SCC1CNCC1O. The maximum Gasteiger partial charge on any atom is 0.182 e. The zero-order chi connectivity index (χ0) is 13.7. The van der Waals surface area contributed by atoms with E-state index >= 15 is 0 Å². The molecule has 1 aromatic heterocycles. The van der Waals surface area contributed by atoms with Gasteiger partial charge in [-0.05, 0) is 12.1 Å². The molecule has 0 aromatic carbocycles. The van der Waals surface area contributed by atoms with Crippen LogP contribution in [0.15, 0.2) is 29.5 Å². The second kappa shape index (κ2) is 6.65. The molecule has 2 atom stereocenters. The molecular formula is C12H17N5OS. The van der Waals surface area contributed by atoms with Crippen molar-refractivity contribution in [3.8, 4) is 0 Å². The monoisotopic (exact) mass is 279 g/mol. The number of β-amino-alcohol motifs (C(OH)–C–C–N with tert-alkyl or cyclic N) is 1. The molecule has 2 heterocycles. The number of aliphatic hydroxyl groups is 1. The predicted molar refractivity (Wildman–Crippen MR) is 77.5 cm³/mol. The fourth-order valence-corrected chi connectivity index (χ4v) is 2.68. The summed E-state index contributed by atoms with van der Waals surface area (Å²) in [6.45, 7) is 1.41. The molecule has 1 saturated heterocycles. The van der Waals surface area contributed by atoms with Crippen molar-refractivity contribution in [3.63, 3.8) is 0 Å². The highest BCUT2D eigenvalue weighted by molar-refractivity contribution is 8.13. The molecule has 0 saturated carbocycles. The van der Waals surface area contributed by atoms with Crippen LogP contribution in [0.3, 0.4) is 0 Å². The van der Waals surface area contributed by atoms with E-state index in [1.54, 1.807) is 24.5 Å². The van der Waals surface area contributed by atoms with Crippen LogP contribution in [0.4, 0.5) is 0 Å². The van der Waals surface area contributed by atoms with E-state index in [-0.39, 0.29) is 17.2 Å². The number of hydrogen-bond donors (Lipinski definition) is 4. The van der Waals surface area contributed by atoms with Gasteiger partial charge in [0.15, 0.2) is 5.17 Å². The van der Waals surface area contributed by atoms with Gasteiger partial charge in [0.1, 0.15) is 5.84 Å². The Bertz CT molecular complexity index is 464. The second-order valence-electron chi connectivity index (χ2n) is 4.33. The molecule has 0 amide bonds. The molecule has 0 bridgehead atoms. The fourth-order valence-electron chi connectivity index (χ4n) is 1.80. The number of thioether (sulfide) groups is 1. The van der Waals surface area contributed by atoms with E-state index in [0.29, 0.717) is 18.1 Å². The molecule has 19 heavy (non-hydrogen) atoms. The first-order chi connectivity index (χ1) is 9.16. The van der Waals surface area contributed by atoms with Crippen molar-refractivity contribution in [1.29, 1.82) is 5.41 Å². The third kappa shape index (κ3) is 4.02. The van der Waals surface area contributed by atoms with Crippen molar-refractivity contribution < 1.29 is 5.11 Å². The number of aromatic nitrogens is 1.